The number of amides is 2. The van der Waals surface area contributed by atoms with Crippen molar-refractivity contribution in [3.05, 3.63) is 35.4 Å². The van der Waals surface area contributed by atoms with Gasteiger partial charge in [-0.2, -0.15) is 0 Å². The molecular weight excluding hydrogens is 264 g/mol. The highest BCUT2D eigenvalue weighted by Crippen LogP contribution is 2.19. The number of carbonyl (C=O) groups is 2. The molecule has 102 valence electrons. The molecule has 1 aromatic rings. The van der Waals surface area contributed by atoms with Crippen molar-refractivity contribution in [2.45, 2.75) is 18.7 Å². The van der Waals surface area contributed by atoms with Gasteiger partial charge in [0.25, 0.3) is 5.91 Å². The predicted molar refractivity (Wildman–Crippen MR) is 73.8 cm³/mol. The zero-order valence-corrected chi connectivity index (χ0v) is 11.4. The largest absolute Gasteiger partial charge is 0.369 e. The standard InChI is InChI=1S/C14H17ClN2O2/c15-9-10-2-1-3-12(8-10)14(19)17-6-4-11(5-7-17)13(16)18/h1-3,8,11H,4-7,9H2,(H2,16,18). The Kier molecular flexibility index (Phi) is 4.43. The van der Waals surface area contributed by atoms with E-state index in [0.717, 1.165) is 5.56 Å². The smallest absolute Gasteiger partial charge is 0.253 e. The van der Waals surface area contributed by atoms with Gasteiger partial charge in [-0.05, 0) is 30.5 Å². The van der Waals surface area contributed by atoms with Crippen molar-refractivity contribution in [1.82, 2.24) is 4.90 Å². The summed E-state index contributed by atoms with van der Waals surface area (Å²) in [6, 6.07) is 7.33. The third kappa shape index (κ3) is 3.26. The van der Waals surface area contributed by atoms with Crippen LogP contribution in [0.3, 0.4) is 0 Å². The van der Waals surface area contributed by atoms with Gasteiger partial charge in [0.2, 0.25) is 5.91 Å². The normalized spacial score (nSPS) is 16.4. The van der Waals surface area contributed by atoms with Crippen LogP contribution in [0.2, 0.25) is 0 Å². The van der Waals surface area contributed by atoms with Crippen molar-refractivity contribution in [2.24, 2.45) is 11.7 Å². The minimum atomic E-state index is -0.267. The first-order valence-corrected chi connectivity index (χ1v) is 6.88. The number of likely N-dealkylation sites (tertiary alicyclic amines) is 1. The van der Waals surface area contributed by atoms with E-state index in [1.54, 1.807) is 11.0 Å². The van der Waals surface area contributed by atoms with Crippen molar-refractivity contribution in [3.8, 4) is 0 Å². The fraction of sp³-hybridized carbons (Fsp3) is 0.429. The van der Waals surface area contributed by atoms with E-state index in [4.69, 9.17) is 17.3 Å². The fourth-order valence-electron chi connectivity index (χ4n) is 2.34. The zero-order chi connectivity index (χ0) is 13.8. The Morgan fingerprint density at radius 2 is 2.00 bits per heavy atom. The third-order valence-electron chi connectivity index (χ3n) is 3.51. The summed E-state index contributed by atoms with van der Waals surface area (Å²) in [5, 5.41) is 0. The van der Waals surface area contributed by atoms with Gasteiger partial charge in [0.05, 0.1) is 0 Å². The zero-order valence-electron chi connectivity index (χ0n) is 10.6. The second kappa shape index (κ2) is 6.06. The lowest BCUT2D eigenvalue weighted by atomic mass is 9.96. The van der Waals surface area contributed by atoms with Crippen molar-refractivity contribution in [3.63, 3.8) is 0 Å². The monoisotopic (exact) mass is 280 g/mol. The molecule has 0 radical (unpaired) electrons. The van der Waals surface area contributed by atoms with Gasteiger partial charge in [-0.3, -0.25) is 9.59 Å². The second-order valence-corrected chi connectivity index (χ2v) is 5.07. The van der Waals surface area contributed by atoms with Crippen LogP contribution >= 0.6 is 11.6 Å². The maximum absolute atomic E-state index is 12.3. The molecule has 1 aromatic carbocycles. The summed E-state index contributed by atoms with van der Waals surface area (Å²) in [6.45, 7) is 1.16. The Balaban J connectivity index is 2.02. The van der Waals surface area contributed by atoms with Crippen LogP contribution < -0.4 is 5.73 Å². The van der Waals surface area contributed by atoms with E-state index in [-0.39, 0.29) is 17.7 Å². The van der Waals surface area contributed by atoms with Crippen LogP contribution in [0.25, 0.3) is 0 Å². The van der Waals surface area contributed by atoms with Gasteiger partial charge in [-0.25, -0.2) is 0 Å². The molecule has 1 fully saturated rings. The maximum atomic E-state index is 12.3. The molecular formula is C14H17ClN2O2. The van der Waals surface area contributed by atoms with Gasteiger partial charge in [0, 0.05) is 30.5 Å². The minimum absolute atomic E-state index is 0.00473. The Morgan fingerprint density at radius 1 is 1.32 bits per heavy atom. The van der Waals surface area contributed by atoms with Crippen molar-refractivity contribution >= 4 is 23.4 Å². The number of alkyl halides is 1. The van der Waals surface area contributed by atoms with Crippen LogP contribution in [0.4, 0.5) is 0 Å². The molecule has 1 saturated heterocycles. The topological polar surface area (TPSA) is 63.4 Å². The van der Waals surface area contributed by atoms with E-state index in [0.29, 0.717) is 37.4 Å². The summed E-state index contributed by atoms with van der Waals surface area (Å²) < 4.78 is 0. The van der Waals surface area contributed by atoms with Crippen molar-refractivity contribution in [1.29, 1.82) is 0 Å². The number of nitrogens with two attached hydrogens (primary N) is 1. The lowest BCUT2D eigenvalue weighted by Crippen LogP contribution is -2.41. The number of benzene rings is 1. The summed E-state index contributed by atoms with van der Waals surface area (Å²) in [5.41, 5.74) is 6.86. The van der Waals surface area contributed by atoms with Crippen LogP contribution in [-0.2, 0) is 10.7 Å². The molecule has 2 amide bonds. The second-order valence-electron chi connectivity index (χ2n) is 4.80. The lowest BCUT2D eigenvalue weighted by molar-refractivity contribution is -0.123. The van der Waals surface area contributed by atoms with Crippen LogP contribution in [0.1, 0.15) is 28.8 Å². The highest BCUT2D eigenvalue weighted by Gasteiger charge is 2.26. The number of primary amides is 1. The van der Waals surface area contributed by atoms with Gasteiger partial charge in [-0.1, -0.05) is 12.1 Å². The van der Waals surface area contributed by atoms with Crippen LogP contribution in [0.5, 0.6) is 0 Å². The molecule has 0 aromatic heterocycles. The summed E-state index contributed by atoms with van der Waals surface area (Å²) in [6.07, 6.45) is 1.30. The molecule has 1 heterocycles. The Morgan fingerprint density at radius 3 is 2.58 bits per heavy atom. The highest BCUT2D eigenvalue weighted by molar-refractivity contribution is 6.17. The van der Waals surface area contributed by atoms with Crippen LogP contribution in [0.15, 0.2) is 24.3 Å². The Bertz CT molecular complexity index is 482. The van der Waals surface area contributed by atoms with E-state index in [9.17, 15) is 9.59 Å². The fourth-order valence-corrected chi connectivity index (χ4v) is 2.50. The number of rotatable bonds is 3. The average Bonchev–Trinajstić information content (AvgIpc) is 2.46. The molecule has 0 unspecified atom stereocenters. The average molecular weight is 281 g/mol. The van der Waals surface area contributed by atoms with Gasteiger partial charge in [-0.15, -0.1) is 11.6 Å². The molecule has 0 saturated carbocycles. The number of piperidine rings is 1. The van der Waals surface area contributed by atoms with Crippen molar-refractivity contribution < 1.29 is 9.59 Å². The molecule has 0 bridgehead atoms. The predicted octanol–water partition coefficient (Wildman–Crippen LogP) is 1.76. The third-order valence-corrected chi connectivity index (χ3v) is 3.82. The molecule has 1 aliphatic rings. The van der Waals surface area contributed by atoms with E-state index in [2.05, 4.69) is 0 Å². The molecule has 1 aliphatic heterocycles. The molecule has 2 N–H and O–H groups in total. The minimum Gasteiger partial charge on any atom is -0.369 e. The molecule has 0 spiro atoms. The molecule has 19 heavy (non-hydrogen) atoms. The van der Waals surface area contributed by atoms with E-state index in [1.807, 2.05) is 18.2 Å². The first-order chi connectivity index (χ1) is 9.11. The molecule has 2 rings (SSSR count). The summed E-state index contributed by atoms with van der Waals surface area (Å²) in [5.74, 6) is 0.0227. The van der Waals surface area contributed by atoms with Gasteiger partial charge in [0.15, 0.2) is 0 Å². The number of carbonyl (C=O) groups excluding carboxylic acids is 2. The molecule has 5 heteroatoms. The first kappa shape index (κ1) is 13.9. The Hall–Kier alpha value is -1.55. The van der Waals surface area contributed by atoms with E-state index in [1.165, 1.54) is 0 Å². The SMILES string of the molecule is NC(=O)C1CCN(C(=O)c2cccc(CCl)c2)CC1. The molecule has 4 nitrogen and oxygen atoms in total. The van der Waals surface area contributed by atoms with Crippen LogP contribution in [-0.4, -0.2) is 29.8 Å². The quantitative estimate of drug-likeness (QED) is 0.858. The van der Waals surface area contributed by atoms with E-state index < -0.39 is 0 Å². The summed E-state index contributed by atoms with van der Waals surface area (Å²) in [7, 11) is 0. The number of hydrogen-bond donors (Lipinski definition) is 1. The van der Waals surface area contributed by atoms with Gasteiger partial charge < -0.3 is 10.6 Å². The van der Waals surface area contributed by atoms with Crippen molar-refractivity contribution in [2.75, 3.05) is 13.1 Å². The first-order valence-electron chi connectivity index (χ1n) is 6.35. The molecule has 0 aliphatic carbocycles. The number of hydrogen-bond acceptors (Lipinski definition) is 2. The van der Waals surface area contributed by atoms with Crippen LogP contribution in [0, 0.1) is 5.92 Å². The maximum Gasteiger partial charge on any atom is 0.253 e. The van der Waals surface area contributed by atoms with E-state index >= 15 is 0 Å². The Labute approximate surface area is 117 Å². The van der Waals surface area contributed by atoms with Gasteiger partial charge in [0.1, 0.15) is 0 Å². The summed E-state index contributed by atoms with van der Waals surface area (Å²) in [4.78, 5) is 25.2. The number of nitrogens with zero attached hydrogens (tertiary/aromatic N) is 1. The molecule has 0 atom stereocenters. The highest BCUT2D eigenvalue weighted by atomic mass is 35.5. The summed E-state index contributed by atoms with van der Waals surface area (Å²) >= 11 is 5.77. The number of halogens is 1. The van der Waals surface area contributed by atoms with Gasteiger partial charge >= 0.3 is 0 Å². The lowest BCUT2D eigenvalue weighted by Gasteiger charge is -2.30.